The van der Waals surface area contributed by atoms with Crippen LogP contribution in [0.4, 0.5) is 5.69 Å². The average Bonchev–Trinajstić information content (AvgIpc) is 3.38. The Balaban J connectivity index is 1.32. The Kier molecular flexibility index (Phi) is 9.12. The summed E-state index contributed by atoms with van der Waals surface area (Å²) >= 11 is 1.30. The van der Waals surface area contributed by atoms with Gasteiger partial charge in [-0.1, -0.05) is 65.9 Å². The van der Waals surface area contributed by atoms with Crippen LogP contribution in [0.25, 0.3) is 6.08 Å². The van der Waals surface area contributed by atoms with Gasteiger partial charge in [-0.15, -0.1) is 0 Å². The van der Waals surface area contributed by atoms with E-state index in [1.54, 1.807) is 11.7 Å². The van der Waals surface area contributed by atoms with Gasteiger partial charge in [0.2, 0.25) is 0 Å². The summed E-state index contributed by atoms with van der Waals surface area (Å²) in [6, 6.07) is 31.4. The number of hydrogen-bond donors (Lipinski definition) is 1. The average molecular weight is 632 g/mol. The van der Waals surface area contributed by atoms with Gasteiger partial charge in [0.15, 0.2) is 4.80 Å². The van der Waals surface area contributed by atoms with Gasteiger partial charge >= 0.3 is 0 Å². The predicted octanol–water partition coefficient (Wildman–Crippen LogP) is 5.86. The lowest BCUT2D eigenvalue weighted by Gasteiger charge is -2.25. The van der Waals surface area contributed by atoms with Gasteiger partial charge in [0.05, 0.1) is 35.6 Å². The number of rotatable bonds is 10. The third-order valence-electron chi connectivity index (χ3n) is 7.55. The van der Waals surface area contributed by atoms with Crippen LogP contribution in [0, 0.1) is 0 Å². The quantitative estimate of drug-likeness (QED) is 0.209. The number of ether oxygens (including phenoxy) is 3. The number of amides is 1. The first-order valence-corrected chi connectivity index (χ1v) is 15.7. The van der Waals surface area contributed by atoms with Crippen LogP contribution in [-0.2, 0) is 11.4 Å². The molecule has 0 saturated heterocycles. The van der Waals surface area contributed by atoms with Crippen molar-refractivity contribution in [2.45, 2.75) is 26.5 Å². The molecule has 0 unspecified atom stereocenters. The topological polar surface area (TPSA) is 91.2 Å². The molecule has 46 heavy (non-hydrogen) atoms. The lowest BCUT2D eigenvalue weighted by Crippen LogP contribution is -2.40. The number of nitrogens with zero attached hydrogens (tertiary/aromatic N) is 2. The molecule has 1 atom stereocenters. The van der Waals surface area contributed by atoms with Crippen LogP contribution in [0.3, 0.4) is 0 Å². The minimum Gasteiger partial charge on any atom is -0.497 e. The van der Waals surface area contributed by atoms with Crippen LogP contribution in [0.5, 0.6) is 17.2 Å². The van der Waals surface area contributed by atoms with Crippen LogP contribution in [-0.4, -0.2) is 24.2 Å². The Hall–Kier alpha value is -5.41. The van der Waals surface area contributed by atoms with Gasteiger partial charge in [-0.05, 0) is 85.1 Å². The molecule has 6 rings (SSSR count). The fraction of sp³-hybridized carbons (Fsp3) is 0.162. The molecule has 8 nitrogen and oxygen atoms in total. The molecule has 0 radical (unpaired) electrons. The Morgan fingerprint density at radius 1 is 0.891 bits per heavy atom. The van der Waals surface area contributed by atoms with E-state index in [0.29, 0.717) is 45.3 Å². The molecule has 1 amide bonds. The van der Waals surface area contributed by atoms with Crippen molar-refractivity contribution in [3.8, 4) is 17.2 Å². The molecule has 0 spiro atoms. The Bertz CT molecular complexity index is 2050. The minimum absolute atomic E-state index is 0.222. The number of benzene rings is 4. The maximum absolute atomic E-state index is 14.0. The molecule has 1 aromatic heterocycles. The van der Waals surface area contributed by atoms with E-state index in [1.165, 1.54) is 11.3 Å². The summed E-state index contributed by atoms with van der Waals surface area (Å²) in [6.07, 6.45) is 1.84. The highest BCUT2D eigenvalue weighted by Gasteiger charge is 2.32. The first kappa shape index (κ1) is 30.6. The lowest BCUT2D eigenvalue weighted by atomic mass is 9.95. The van der Waals surface area contributed by atoms with Crippen molar-refractivity contribution in [3.63, 3.8) is 0 Å². The molecule has 0 saturated carbocycles. The number of methoxy groups -OCH3 is 1. The van der Waals surface area contributed by atoms with Crippen LogP contribution in [0.15, 0.2) is 124 Å². The van der Waals surface area contributed by atoms with E-state index in [9.17, 15) is 9.59 Å². The summed E-state index contributed by atoms with van der Waals surface area (Å²) in [5.41, 5.74) is 4.05. The van der Waals surface area contributed by atoms with Crippen molar-refractivity contribution in [1.29, 1.82) is 0 Å². The third kappa shape index (κ3) is 6.64. The summed E-state index contributed by atoms with van der Waals surface area (Å²) in [5.74, 6) is 1.91. The number of nitrogens with one attached hydrogen (secondary N) is 1. The Labute approximate surface area is 270 Å². The molecule has 0 fully saturated rings. The van der Waals surface area contributed by atoms with Crippen molar-refractivity contribution in [3.05, 3.63) is 151 Å². The van der Waals surface area contributed by atoms with Gasteiger partial charge in [-0.2, -0.15) is 0 Å². The minimum atomic E-state index is -0.675. The van der Waals surface area contributed by atoms with E-state index in [0.717, 1.165) is 28.2 Å². The van der Waals surface area contributed by atoms with Gasteiger partial charge in [-0.25, -0.2) is 4.99 Å². The monoisotopic (exact) mass is 631 g/mol. The molecule has 1 N–H and O–H groups in total. The maximum atomic E-state index is 14.0. The van der Waals surface area contributed by atoms with Gasteiger partial charge in [0.25, 0.3) is 11.5 Å². The smallest absolute Gasteiger partial charge is 0.271 e. The van der Waals surface area contributed by atoms with E-state index >= 15 is 0 Å². The summed E-state index contributed by atoms with van der Waals surface area (Å²) in [5, 5.41) is 2.98. The molecule has 0 bridgehead atoms. The second-order valence-corrected chi connectivity index (χ2v) is 11.6. The van der Waals surface area contributed by atoms with Gasteiger partial charge < -0.3 is 19.5 Å². The van der Waals surface area contributed by atoms with Crippen LogP contribution < -0.4 is 34.4 Å². The molecular weight excluding hydrogens is 598 g/mol. The molecule has 5 aromatic rings. The zero-order valence-corrected chi connectivity index (χ0v) is 26.5. The molecule has 4 aromatic carbocycles. The van der Waals surface area contributed by atoms with Gasteiger partial charge in [0, 0.05) is 5.69 Å². The number of hydrogen-bond acceptors (Lipinski definition) is 7. The predicted molar refractivity (Wildman–Crippen MR) is 180 cm³/mol. The van der Waals surface area contributed by atoms with Gasteiger partial charge in [-0.3, -0.25) is 14.2 Å². The highest BCUT2D eigenvalue weighted by Crippen LogP contribution is 2.32. The molecule has 0 aliphatic carbocycles. The molecule has 2 heterocycles. The number of anilines is 1. The van der Waals surface area contributed by atoms with E-state index in [2.05, 4.69) is 5.32 Å². The van der Waals surface area contributed by atoms with Crippen molar-refractivity contribution < 1.29 is 19.0 Å². The highest BCUT2D eigenvalue weighted by molar-refractivity contribution is 7.07. The SMILES string of the molecule is CCOc1ccc([C@@H]2C(C(=O)Nc3ccccc3)=C(C)N=c3s/c(=C\c4ccc(OCc5ccc(OC)cc5)cc4)c(=O)n32)cc1. The number of carbonyl (C=O) groups excluding carboxylic acids is 1. The summed E-state index contributed by atoms with van der Waals surface area (Å²) in [6.45, 7) is 4.69. The number of carbonyl (C=O) groups is 1. The standard InChI is InChI=1S/C37H33N3O5S/c1-4-44-30-20-14-27(15-21-30)34-33(35(41)39-28-8-6-5-7-9-28)24(2)38-37-40(34)36(42)32(46-37)22-25-10-18-31(19-11-25)45-23-26-12-16-29(43-3)17-13-26/h5-22,34H,4,23H2,1-3H3,(H,39,41)/b32-22-/t34-/m1/s1. The zero-order chi connectivity index (χ0) is 32.0. The highest BCUT2D eigenvalue weighted by atomic mass is 32.1. The molecular formula is C37H33N3O5S. The van der Waals surface area contributed by atoms with E-state index in [4.69, 9.17) is 19.2 Å². The zero-order valence-electron chi connectivity index (χ0n) is 25.7. The molecule has 232 valence electrons. The second kappa shape index (κ2) is 13.7. The number of allylic oxidation sites excluding steroid dienone is 1. The van der Waals surface area contributed by atoms with Crippen molar-refractivity contribution in [2.75, 3.05) is 19.0 Å². The van der Waals surface area contributed by atoms with Crippen LogP contribution >= 0.6 is 11.3 Å². The van der Waals surface area contributed by atoms with Crippen molar-refractivity contribution in [1.82, 2.24) is 4.57 Å². The number of fused-ring (bicyclic) bond motifs is 1. The normalized spacial score (nSPS) is 14.3. The number of thiazole rings is 1. The lowest BCUT2D eigenvalue weighted by molar-refractivity contribution is -0.113. The molecule has 1 aliphatic rings. The maximum Gasteiger partial charge on any atom is 0.271 e. The first-order chi connectivity index (χ1) is 22.4. The Morgan fingerprint density at radius 2 is 1.54 bits per heavy atom. The number of para-hydroxylation sites is 1. The third-order valence-corrected chi connectivity index (χ3v) is 8.53. The van der Waals surface area contributed by atoms with E-state index < -0.39 is 6.04 Å². The van der Waals surface area contributed by atoms with Crippen LogP contribution in [0.1, 0.15) is 36.6 Å². The summed E-state index contributed by atoms with van der Waals surface area (Å²) < 4.78 is 18.9. The van der Waals surface area contributed by atoms with Crippen molar-refractivity contribution in [2.24, 2.45) is 4.99 Å². The molecule has 1 aliphatic heterocycles. The second-order valence-electron chi connectivity index (χ2n) is 10.6. The Morgan fingerprint density at radius 3 is 2.22 bits per heavy atom. The summed E-state index contributed by atoms with van der Waals surface area (Å²) in [4.78, 5) is 33.1. The fourth-order valence-electron chi connectivity index (χ4n) is 5.26. The number of aromatic nitrogens is 1. The van der Waals surface area contributed by atoms with Gasteiger partial charge in [0.1, 0.15) is 23.9 Å². The van der Waals surface area contributed by atoms with Crippen LogP contribution in [0.2, 0.25) is 0 Å². The van der Waals surface area contributed by atoms with E-state index in [-0.39, 0.29) is 11.5 Å². The fourth-order valence-corrected chi connectivity index (χ4v) is 6.31. The van der Waals surface area contributed by atoms with E-state index in [1.807, 2.05) is 123 Å². The first-order valence-electron chi connectivity index (χ1n) is 14.9. The summed E-state index contributed by atoms with van der Waals surface area (Å²) in [7, 11) is 1.64. The largest absolute Gasteiger partial charge is 0.497 e. The molecule has 9 heteroatoms. The van der Waals surface area contributed by atoms with Crippen molar-refractivity contribution >= 4 is 29.0 Å².